The van der Waals surface area contributed by atoms with Crippen LogP contribution in [0, 0.1) is 0 Å². The first-order valence-electron chi connectivity index (χ1n) is 9.02. The maximum atomic E-state index is 12.6. The zero-order chi connectivity index (χ0) is 18.2. The van der Waals surface area contributed by atoms with Crippen LogP contribution in [0.5, 0.6) is 0 Å². The molecule has 0 aliphatic heterocycles. The molecule has 0 saturated heterocycles. The molecule has 1 aromatic heterocycles. The van der Waals surface area contributed by atoms with E-state index in [0.717, 1.165) is 30.8 Å². The molecule has 0 fully saturated rings. The molecular formula is C22H25N2OS+. The molecule has 1 heterocycles. The monoisotopic (exact) mass is 365 g/mol. The molecule has 0 bridgehead atoms. The van der Waals surface area contributed by atoms with Crippen molar-refractivity contribution in [3.8, 4) is 0 Å². The van der Waals surface area contributed by atoms with E-state index in [1.54, 1.807) is 11.3 Å². The van der Waals surface area contributed by atoms with Crippen molar-refractivity contribution in [3.05, 3.63) is 88.1 Å². The van der Waals surface area contributed by atoms with E-state index in [-0.39, 0.29) is 5.91 Å². The maximum Gasteiger partial charge on any atom is 0.279 e. The number of rotatable bonds is 8. The highest BCUT2D eigenvalue weighted by Gasteiger charge is 2.15. The summed E-state index contributed by atoms with van der Waals surface area (Å²) in [6.07, 6.45) is 0.816. The largest absolute Gasteiger partial charge is 0.323 e. The SMILES string of the molecule is CC[NH+](CC(=O)Nc1ccccc1Cc1ccccc1)Cc1cccs1. The zero-order valence-electron chi connectivity index (χ0n) is 15.1. The first-order valence-corrected chi connectivity index (χ1v) is 9.90. The van der Waals surface area contributed by atoms with Gasteiger partial charge in [0.05, 0.1) is 11.4 Å². The lowest BCUT2D eigenvalue weighted by Crippen LogP contribution is -3.11. The van der Waals surface area contributed by atoms with Gasteiger partial charge in [0.25, 0.3) is 5.91 Å². The van der Waals surface area contributed by atoms with E-state index < -0.39 is 0 Å². The maximum absolute atomic E-state index is 12.6. The number of amides is 1. The van der Waals surface area contributed by atoms with E-state index in [2.05, 4.69) is 48.0 Å². The van der Waals surface area contributed by atoms with Crippen LogP contribution in [0.4, 0.5) is 5.69 Å². The number of quaternary nitrogens is 1. The van der Waals surface area contributed by atoms with Crippen LogP contribution >= 0.6 is 11.3 Å². The Labute approximate surface area is 159 Å². The number of para-hydroxylation sites is 1. The summed E-state index contributed by atoms with van der Waals surface area (Å²) in [5, 5.41) is 5.20. The van der Waals surface area contributed by atoms with E-state index in [0.29, 0.717) is 6.54 Å². The zero-order valence-corrected chi connectivity index (χ0v) is 15.9. The lowest BCUT2D eigenvalue weighted by atomic mass is 10.0. The Morgan fingerprint density at radius 3 is 2.50 bits per heavy atom. The van der Waals surface area contributed by atoms with Crippen LogP contribution in [0.15, 0.2) is 72.1 Å². The molecule has 3 aromatic rings. The molecular weight excluding hydrogens is 340 g/mol. The van der Waals surface area contributed by atoms with Crippen molar-refractivity contribution in [2.24, 2.45) is 0 Å². The van der Waals surface area contributed by atoms with Gasteiger partial charge in [-0.1, -0.05) is 54.6 Å². The number of carbonyl (C=O) groups is 1. The number of nitrogens with one attached hydrogen (secondary N) is 2. The minimum atomic E-state index is 0.0684. The van der Waals surface area contributed by atoms with Crippen LogP contribution in [0.25, 0.3) is 0 Å². The summed E-state index contributed by atoms with van der Waals surface area (Å²) in [5.74, 6) is 0.0684. The summed E-state index contributed by atoms with van der Waals surface area (Å²) in [4.78, 5) is 15.2. The Bertz CT molecular complexity index is 815. The van der Waals surface area contributed by atoms with Crippen LogP contribution in [0.3, 0.4) is 0 Å². The van der Waals surface area contributed by atoms with Gasteiger partial charge in [-0.25, -0.2) is 0 Å². The van der Waals surface area contributed by atoms with E-state index >= 15 is 0 Å². The highest BCUT2D eigenvalue weighted by molar-refractivity contribution is 7.09. The Morgan fingerprint density at radius 1 is 1.00 bits per heavy atom. The Balaban J connectivity index is 1.63. The van der Waals surface area contributed by atoms with Crippen molar-refractivity contribution < 1.29 is 9.69 Å². The third-order valence-corrected chi connectivity index (χ3v) is 5.32. The predicted molar refractivity (Wildman–Crippen MR) is 109 cm³/mol. The van der Waals surface area contributed by atoms with Crippen LogP contribution in [0.2, 0.25) is 0 Å². The Kier molecular flexibility index (Phi) is 6.58. The number of thiophene rings is 1. The number of carbonyl (C=O) groups excluding carboxylic acids is 1. The summed E-state index contributed by atoms with van der Waals surface area (Å²) in [6.45, 7) is 4.43. The van der Waals surface area contributed by atoms with Crippen molar-refractivity contribution in [3.63, 3.8) is 0 Å². The highest BCUT2D eigenvalue weighted by Crippen LogP contribution is 2.19. The average molecular weight is 366 g/mol. The van der Waals surface area contributed by atoms with Crippen molar-refractivity contribution >= 4 is 22.9 Å². The molecule has 1 atom stereocenters. The number of likely N-dealkylation sites (N-methyl/N-ethyl adjacent to an activating group) is 1. The van der Waals surface area contributed by atoms with E-state index in [9.17, 15) is 4.79 Å². The molecule has 3 rings (SSSR count). The summed E-state index contributed by atoms with van der Waals surface area (Å²) in [7, 11) is 0. The minimum absolute atomic E-state index is 0.0684. The van der Waals surface area contributed by atoms with Crippen molar-refractivity contribution in [2.75, 3.05) is 18.4 Å². The van der Waals surface area contributed by atoms with E-state index in [1.165, 1.54) is 15.3 Å². The first-order chi connectivity index (χ1) is 12.7. The predicted octanol–water partition coefficient (Wildman–Crippen LogP) is 3.38. The smallest absolute Gasteiger partial charge is 0.279 e. The molecule has 1 unspecified atom stereocenters. The molecule has 0 spiro atoms. The van der Waals surface area contributed by atoms with Gasteiger partial charge in [-0.2, -0.15) is 0 Å². The molecule has 2 N–H and O–H groups in total. The lowest BCUT2D eigenvalue weighted by Gasteiger charge is -2.17. The third-order valence-electron chi connectivity index (χ3n) is 4.44. The van der Waals surface area contributed by atoms with Gasteiger partial charge in [0, 0.05) is 5.69 Å². The van der Waals surface area contributed by atoms with Gasteiger partial charge in [-0.15, -0.1) is 11.3 Å². The van der Waals surface area contributed by atoms with Crippen LogP contribution in [-0.4, -0.2) is 19.0 Å². The van der Waals surface area contributed by atoms with Gasteiger partial charge in [0.1, 0.15) is 6.54 Å². The molecule has 0 aliphatic rings. The molecule has 0 aliphatic carbocycles. The molecule has 26 heavy (non-hydrogen) atoms. The second kappa shape index (κ2) is 9.32. The van der Waals surface area contributed by atoms with E-state index in [4.69, 9.17) is 0 Å². The summed E-state index contributed by atoms with van der Waals surface area (Å²) in [6, 6.07) is 22.6. The molecule has 3 nitrogen and oxygen atoms in total. The number of benzene rings is 2. The molecule has 0 radical (unpaired) electrons. The molecule has 2 aromatic carbocycles. The third kappa shape index (κ3) is 5.28. The van der Waals surface area contributed by atoms with Gasteiger partial charge in [0.15, 0.2) is 6.54 Å². The fourth-order valence-electron chi connectivity index (χ4n) is 3.01. The summed E-state index contributed by atoms with van der Waals surface area (Å²) in [5.41, 5.74) is 3.30. The van der Waals surface area contributed by atoms with Gasteiger partial charge in [-0.05, 0) is 42.0 Å². The number of hydrogen-bond acceptors (Lipinski definition) is 2. The fraction of sp³-hybridized carbons (Fsp3) is 0.227. The minimum Gasteiger partial charge on any atom is -0.323 e. The summed E-state index contributed by atoms with van der Waals surface area (Å²) >= 11 is 1.75. The Morgan fingerprint density at radius 2 is 1.77 bits per heavy atom. The number of hydrogen-bond donors (Lipinski definition) is 2. The topological polar surface area (TPSA) is 33.5 Å². The normalized spacial score (nSPS) is 11.9. The highest BCUT2D eigenvalue weighted by atomic mass is 32.1. The van der Waals surface area contributed by atoms with Gasteiger partial charge >= 0.3 is 0 Å². The second-order valence-electron chi connectivity index (χ2n) is 6.40. The van der Waals surface area contributed by atoms with Crippen molar-refractivity contribution in [2.45, 2.75) is 19.9 Å². The van der Waals surface area contributed by atoms with Crippen LogP contribution in [0.1, 0.15) is 22.9 Å². The molecule has 0 saturated carbocycles. The van der Waals surface area contributed by atoms with Crippen molar-refractivity contribution in [1.29, 1.82) is 0 Å². The summed E-state index contributed by atoms with van der Waals surface area (Å²) < 4.78 is 0. The van der Waals surface area contributed by atoms with Gasteiger partial charge in [0.2, 0.25) is 0 Å². The molecule has 1 amide bonds. The standard InChI is InChI=1S/C22H24N2OS/c1-2-24(16-20-12-8-14-26-20)17-22(25)23-21-13-7-6-11-19(21)15-18-9-4-3-5-10-18/h3-14H,2,15-17H2,1H3,(H,23,25)/p+1. The average Bonchev–Trinajstić information content (AvgIpc) is 3.17. The Hall–Kier alpha value is -2.43. The van der Waals surface area contributed by atoms with Gasteiger partial charge < -0.3 is 10.2 Å². The first kappa shape index (κ1) is 18.4. The van der Waals surface area contributed by atoms with Gasteiger partial charge in [-0.3, -0.25) is 4.79 Å². The van der Waals surface area contributed by atoms with E-state index in [1.807, 2.05) is 36.4 Å². The number of anilines is 1. The van der Waals surface area contributed by atoms with Crippen LogP contribution in [-0.2, 0) is 17.8 Å². The second-order valence-corrected chi connectivity index (χ2v) is 7.44. The molecule has 4 heteroatoms. The molecule has 134 valence electrons. The lowest BCUT2D eigenvalue weighted by molar-refractivity contribution is -0.903. The van der Waals surface area contributed by atoms with Crippen LogP contribution < -0.4 is 10.2 Å². The van der Waals surface area contributed by atoms with Crippen molar-refractivity contribution in [1.82, 2.24) is 0 Å². The quantitative estimate of drug-likeness (QED) is 0.630. The fourth-order valence-corrected chi connectivity index (χ4v) is 3.78.